The molecule has 0 saturated carbocycles. The Hall–Kier alpha value is -1.42. The highest BCUT2D eigenvalue weighted by Gasteiger charge is 2.60. The van der Waals surface area contributed by atoms with E-state index in [4.69, 9.17) is 5.84 Å². The van der Waals surface area contributed by atoms with E-state index in [9.17, 15) is 35.1 Å². The topological polar surface area (TPSA) is 38.0 Å². The molecule has 0 spiro atoms. The average molecular weight is 322 g/mol. The van der Waals surface area contributed by atoms with Crippen LogP contribution in [0.15, 0.2) is 18.2 Å². The summed E-state index contributed by atoms with van der Waals surface area (Å²) in [5.41, 5.74) is 0.441. The molecule has 0 bridgehead atoms. The smallest absolute Gasteiger partial charge is 0.271 e. The van der Waals surface area contributed by atoms with E-state index in [1.165, 1.54) is 5.43 Å². The van der Waals surface area contributed by atoms with E-state index in [0.717, 1.165) is 18.2 Å². The second-order valence-electron chi connectivity index (χ2n) is 4.24. The molecule has 3 N–H and O–H groups in total. The SMILES string of the molecule is NNC(Cc1c(F)cccc1F)C(C(F)(F)F)C(F)(F)F. The fourth-order valence-corrected chi connectivity index (χ4v) is 1.86. The molecule has 0 aliphatic carbocycles. The fraction of sp³-hybridized carbons (Fsp3) is 0.455. The predicted molar refractivity (Wildman–Crippen MR) is 56.8 cm³/mol. The first-order valence-corrected chi connectivity index (χ1v) is 5.51. The number of benzene rings is 1. The van der Waals surface area contributed by atoms with Gasteiger partial charge >= 0.3 is 12.4 Å². The largest absolute Gasteiger partial charge is 0.402 e. The maximum absolute atomic E-state index is 13.3. The summed E-state index contributed by atoms with van der Waals surface area (Å²) < 4.78 is 102. The van der Waals surface area contributed by atoms with Crippen molar-refractivity contribution >= 4 is 0 Å². The molecule has 0 aliphatic rings. The maximum Gasteiger partial charge on any atom is 0.402 e. The molecule has 0 heterocycles. The van der Waals surface area contributed by atoms with Crippen LogP contribution < -0.4 is 11.3 Å². The molecule has 0 saturated heterocycles. The van der Waals surface area contributed by atoms with Crippen molar-refractivity contribution in [1.82, 2.24) is 5.43 Å². The van der Waals surface area contributed by atoms with Crippen LogP contribution in [0.1, 0.15) is 5.56 Å². The van der Waals surface area contributed by atoms with E-state index in [2.05, 4.69) is 0 Å². The van der Waals surface area contributed by atoms with Gasteiger partial charge in [-0.15, -0.1) is 0 Å². The fourth-order valence-electron chi connectivity index (χ4n) is 1.86. The number of alkyl halides is 6. The quantitative estimate of drug-likeness (QED) is 0.508. The molecule has 0 radical (unpaired) electrons. The Morgan fingerprint density at radius 3 is 1.71 bits per heavy atom. The van der Waals surface area contributed by atoms with Gasteiger partial charge < -0.3 is 0 Å². The second-order valence-corrected chi connectivity index (χ2v) is 4.24. The third-order valence-electron chi connectivity index (χ3n) is 2.81. The molecular weight excluding hydrogens is 312 g/mol. The number of hydrazine groups is 1. The zero-order valence-corrected chi connectivity index (χ0v) is 10.2. The minimum atomic E-state index is -5.67. The lowest BCUT2D eigenvalue weighted by Crippen LogP contribution is -2.54. The Kier molecular flexibility index (Phi) is 5.16. The highest BCUT2D eigenvalue weighted by molar-refractivity contribution is 5.21. The van der Waals surface area contributed by atoms with Gasteiger partial charge in [-0.05, 0) is 18.6 Å². The first kappa shape index (κ1) is 17.6. The molecule has 0 fully saturated rings. The highest BCUT2D eigenvalue weighted by atomic mass is 19.4. The normalized spacial score (nSPS) is 14.6. The number of hydrogen-bond donors (Lipinski definition) is 2. The van der Waals surface area contributed by atoms with E-state index >= 15 is 0 Å². The first-order chi connectivity index (χ1) is 9.48. The third-order valence-corrected chi connectivity index (χ3v) is 2.81. The lowest BCUT2D eigenvalue weighted by atomic mass is 9.92. The van der Waals surface area contributed by atoms with Gasteiger partial charge in [-0.1, -0.05) is 6.07 Å². The zero-order chi connectivity index (χ0) is 16.4. The van der Waals surface area contributed by atoms with Crippen LogP contribution in [0.5, 0.6) is 0 Å². The van der Waals surface area contributed by atoms with Crippen LogP contribution in [0.2, 0.25) is 0 Å². The number of halogens is 8. The number of rotatable bonds is 4. The molecule has 1 atom stereocenters. The molecule has 21 heavy (non-hydrogen) atoms. The summed E-state index contributed by atoms with van der Waals surface area (Å²) in [4.78, 5) is 0. The molecule has 1 aromatic carbocycles. The molecule has 1 rings (SSSR count). The van der Waals surface area contributed by atoms with Gasteiger partial charge in [0.15, 0.2) is 5.92 Å². The molecule has 0 aromatic heterocycles. The summed E-state index contributed by atoms with van der Waals surface area (Å²) in [6, 6.07) is -0.0783. The van der Waals surface area contributed by atoms with E-state index in [1.54, 1.807) is 0 Å². The Balaban J connectivity index is 3.17. The van der Waals surface area contributed by atoms with E-state index in [0.29, 0.717) is 0 Å². The summed E-state index contributed by atoms with van der Waals surface area (Å²) in [5, 5.41) is 0. The molecule has 0 amide bonds. The highest BCUT2D eigenvalue weighted by Crippen LogP contribution is 2.42. The number of hydrogen-bond acceptors (Lipinski definition) is 2. The van der Waals surface area contributed by atoms with Crippen molar-refractivity contribution < 1.29 is 35.1 Å². The Bertz CT molecular complexity index is 448. The number of nitrogens with one attached hydrogen (secondary N) is 1. The standard InChI is InChI=1S/C11H10F8N2/c12-6-2-1-3-7(13)5(6)4-8(21-20)9(10(14,15)16)11(17,18)19/h1-3,8-9,21H,4,20H2. The second kappa shape index (κ2) is 6.14. The van der Waals surface area contributed by atoms with Crippen molar-refractivity contribution in [3.63, 3.8) is 0 Å². The Morgan fingerprint density at radius 1 is 0.952 bits per heavy atom. The minimum Gasteiger partial charge on any atom is -0.271 e. The molecule has 1 aromatic rings. The van der Waals surface area contributed by atoms with Gasteiger partial charge in [-0.2, -0.15) is 26.3 Å². The lowest BCUT2D eigenvalue weighted by molar-refractivity contribution is -0.291. The summed E-state index contributed by atoms with van der Waals surface area (Å²) in [7, 11) is 0. The predicted octanol–water partition coefficient (Wildman–Crippen LogP) is 3.08. The van der Waals surface area contributed by atoms with Crippen LogP contribution in [0.4, 0.5) is 35.1 Å². The molecule has 120 valence electrons. The lowest BCUT2D eigenvalue weighted by Gasteiger charge is -2.30. The monoisotopic (exact) mass is 322 g/mol. The van der Waals surface area contributed by atoms with Crippen molar-refractivity contribution in [1.29, 1.82) is 0 Å². The van der Waals surface area contributed by atoms with Gasteiger partial charge in [0, 0.05) is 11.6 Å². The summed E-state index contributed by atoms with van der Waals surface area (Å²) in [5.74, 6) is -1.64. The van der Waals surface area contributed by atoms with Crippen molar-refractivity contribution in [3.05, 3.63) is 35.4 Å². The third kappa shape index (κ3) is 4.27. The molecule has 0 aliphatic heterocycles. The van der Waals surface area contributed by atoms with Gasteiger partial charge in [0.2, 0.25) is 0 Å². The van der Waals surface area contributed by atoms with Crippen molar-refractivity contribution in [2.75, 3.05) is 0 Å². The van der Waals surface area contributed by atoms with Gasteiger partial charge in [-0.3, -0.25) is 11.3 Å². The van der Waals surface area contributed by atoms with E-state index < -0.39 is 47.9 Å². The molecular formula is C11H10F8N2. The van der Waals surface area contributed by atoms with Crippen LogP contribution in [0, 0.1) is 17.6 Å². The van der Waals surface area contributed by atoms with Crippen molar-refractivity contribution in [2.45, 2.75) is 24.8 Å². The van der Waals surface area contributed by atoms with Crippen LogP contribution in [0.25, 0.3) is 0 Å². The van der Waals surface area contributed by atoms with Gasteiger partial charge in [0.1, 0.15) is 11.6 Å². The Morgan fingerprint density at radius 2 is 1.38 bits per heavy atom. The summed E-state index contributed by atoms with van der Waals surface area (Å²) >= 11 is 0. The van der Waals surface area contributed by atoms with E-state index in [-0.39, 0.29) is 0 Å². The van der Waals surface area contributed by atoms with Crippen LogP contribution in [-0.4, -0.2) is 18.4 Å². The molecule has 2 nitrogen and oxygen atoms in total. The summed E-state index contributed by atoms with van der Waals surface area (Å²) in [6.45, 7) is 0. The average Bonchev–Trinajstić information content (AvgIpc) is 2.28. The maximum atomic E-state index is 13.3. The molecule has 10 heteroatoms. The van der Waals surface area contributed by atoms with E-state index in [1.807, 2.05) is 0 Å². The molecule has 1 unspecified atom stereocenters. The Labute approximate surface area is 113 Å². The van der Waals surface area contributed by atoms with Gasteiger partial charge in [0.05, 0.1) is 0 Å². The summed E-state index contributed by atoms with van der Waals surface area (Å²) in [6.07, 6.45) is -12.5. The van der Waals surface area contributed by atoms with Crippen LogP contribution in [-0.2, 0) is 6.42 Å². The minimum absolute atomic E-state index is 0.724. The van der Waals surface area contributed by atoms with Crippen molar-refractivity contribution in [3.8, 4) is 0 Å². The van der Waals surface area contributed by atoms with Crippen molar-refractivity contribution in [2.24, 2.45) is 11.8 Å². The van der Waals surface area contributed by atoms with Gasteiger partial charge in [0.25, 0.3) is 0 Å². The zero-order valence-electron chi connectivity index (χ0n) is 10.2. The first-order valence-electron chi connectivity index (χ1n) is 5.51. The van der Waals surface area contributed by atoms with Gasteiger partial charge in [-0.25, -0.2) is 8.78 Å². The van der Waals surface area contributed by atoms with Crippen LogP contribution >= 0.6 is 0 Å². The van der Waals surface area contributed by atoms with Crippen LogP contribution in [0.3, 0.4) is 0 Å². The number of nitrogens with two attached hydrogens (primary N) is 1.